The molecule has 0 aromatic heterocycles. The van der Waals surface area contributed by atoms with Gasteiger partial charge in [0, 0.05) is 22.6 Å². The van der Waals surface area contributed by atoms with Crippen molar-refractivity contribution >= 4 is 73.9 Å². The van der Waals surface area contributed by atoms with Gasteiger partial charge in [-0.3, -0.25) is 13.9 Å². The van der Waals surface area contributed by atoms with E-state index in [0.29, 0.717) is 15.6 Å². The molecule has 12 heteroatoms. The van der Waals surface area contributed by atoms with E-state index in [2.05, 4.69) is 5.32 Å². The Bertz CT molecular complexity index is 1540. The summed E-state index contributed by atoms with van der Waals surface area (Å²) in [6.45, 7) is 2.83. The Morgan fingerprint density at radius 3 is 2.12 bits per heavy atom. The van der Waals surface area contributed by atoms with Gasteiger partial charge in [0.05, 0.1) is 20.6 Å². The molecule has 4 rings (SSSR count). The predicted octanol–water partition coefficient (Wildman–Crippen LogP) is 7.28. The molecule has 0 unspecified atom stereocenters. The van der Waals surface area contributed by atoms with Crippen LogP contribution < -0.4 is 9.62 Å². The van der Waals surface area contributed by atoms with Crippen molar-refractivity contribution in [1.82, 2.24) is 10.2 Å². The fraction of sp³-hybridized carbons (Fsp3) is 0.333. The summed E-state index contributed by atoms with van der Waals surface area (Å²) < 4.78 is 28.9. The van der Waals surface area contributed by atoms with Gasteiger partial charge >= 0.3 is 0 Å². The van der Waals surface area contributed by atoms with Crippen molar-refractivity contribution in [2.24, 2.45) is 0 Å². The highest BCUT2D eigenvalue weighted by molar-refractivity contribution is 7.92. The van der Waals surface area contributed by atoms with E-state index in [9.17, 15) is 18.0 Å². The van der Waals surface area contributed by atoms with Crippen LogP contribution in [0.1, 0.15) is 43.7 Å². The largest absolute Gasteiger partial charge is 0.352 e. The number of carbonyl (C=O) groups is 2. The topological polar surface area (TPSA) is 86.8 Å². The number of hydrogen-bond acceptors (Lipinski definition) is 4. The highest BCUT2D eigenvalue weighted by atomic mass is 35.5. The van der Waals surface area contributed by atoms with Crippen LogP contribution in [0.4, 0.5) is 5.69 Å². The molecule has 1 saturated carbocycles. The number of carbonyl (C=O) groups excluding carboxylic acids is 2. The number of rotatable bonds is 10. The second-order valence-electron chi connectivity index (χ2n) is 10.4. The van der Waals surface area contributed by atoms with Crippen LogP contribution in [-0.2, 0) is 26.2 Å². The van der Waals surface area contributed by atoms with Crippen LogP contribution in [-0.4, -0.2) is 43.8 Å². The SMILES string of the molecule is Cc1ccc(S(=O)(=O)N(CC(=O)N(Cc2ccc(Cl)c(Cl)c2)[C@@H](C)C(=O)NC2CCCC2)c2cc(Cl)cc(Cl)c2)cc1. The third-order valence-corrected chi connectivity index (χ3v) is 10.2. The number of amides is 2. The number of sulfonamides is 1. The first kappa shape index (κ1) is 32.4. The van der Waals surface area contributed by atoms with Gasteiger partial charge in [0.1, 0.15) is 12.6 Å². The molecule has 224 valence electrons. The second kappa shape index (κ2) is 13.9. The lowest BCUT2D eigenvalue weighted by Crippen LogP contribution is -2.52. The van der Waals surface area contributed by atoms with E-state index >= 15 is 0 Å². The number of halogens is 4. The summed E-state index contributed by atoms with van der Waals surface area (Å²) in [5, 5.41) is 4.07. The molecule has 1 fully saturated rings. The molecule has 3 aromatic carbocycles. The Balaban J connectivity index is 1.72. The smallest absolute Gasteiger partial charge is 0.264 e. The van der Waals surface area contributed by atoms with Crippen molar-refractivity contribution in [3.8, 4) is 0 Å². The Kier molecular flexibility index (Phi) is 10.7. The summed E-state index contributed by atoms with van der Waals surface area (Å²) in [5.41, 5.74) is 1.60. The van der Waals surface area contributed by atoms with Crippen LogP contribution in [0.3, 0.4) is 0 Å². The highest BCUT2D eigenvalue weighted by Gasteiger charge is 2.33. The van der Waals surface area contributed by atoms with Crippen molar-refractivity contribution in [3.05, 3.63) is 91.9 Å². The molecule has 0 heterocycles. The van der Waals surface area contributed by atoms with E-state index in [1.807, 2.05) is 6.92 Å². The quantitative estimate of drug-likeness (QED) is 0.246. The fourth-order valence-electron chi connectivity index (χ4n) is 4.86. The number of nitrogens with one attached hydrogen (secondary N) is 1. The minimum absolute atomic E-state index is 0.0102. The molecule has 1 aliphatic carbocycles. The lowest BCUT2D eigenvalue weighted by atomic mass is 10.1. The Labute approximate surface area is 266 Å². The lowest BCUT2D eigenvalue weighted by Gasteiger charge is -2.32. The molecular formula is C30H31Cl4N3O4S. The van der Waals surface area contributed by atoms with Crippen LogP contribution in [0.15, 0.2) is 65.6 Å². The maximum atomic E-state index is 14.1. The van der Waals surface area contributed by atoms with Crippen LogP contribution in [0.2, 0.25) is 20.1 Å². The first-order valence-corrected chi connectivity index (χ1v) is 16.4. The zero-order valence-corrected chi connectivity index (χ0v) is 27.0. The first-order chi connectivity index (χ1) is 19.8. The molecule has 0 bridgehead atoms. The number of nitrogens with zero attached hydrogens (tertiary/aromatic N) is 2. The van der Waals surface area contributed by atoms with Gasteiger partial charge in [-0.2, -0.15) is 0 Å². The molecule has 7 nitrogen and oxygen atoms in total. The molecule has 0 radical (unpaired) electrons. The minimum atomic E-state index is -4.25. The Morgan fingerprint density at radius 1 is 0.905 bits per heavy atom. The van der Waals surface area contributed by atoms with Crippen LogP contribution >= 0.6 is 46.4 Å². The summed E-state index contributed by atoms with van der Waals surface area (Å²) in [5.74, 6) is -0.934. The molecule has 3 aromatic rings. The molecule has 1 atom stereocenters. The fourth-order valence-corrected chi connectivity index (χ4v) is 7.09. The molecular weight excluding hydrogens is 640 g/mol. The van der Waals surface area contributed by atoms with E-state index in [0.717, 1.165) is 35.6 Å². The monoisotopic (exact) mass is 669 g/mol. The van der Waals surface area contributed by atoms with Crippen molar-refractivity contribution < 1.29 is 18.0 Å². The molecule has 42 heavy (non-hydrogen) atoms. The Morgan fingerprint density at radius 2 is 1.52 bits per heavy atom. The van der Waals surface area contributed by atoms with Crippen molar-refractivity contribution in [2.45, 2.75) is 63.1 Å². The Hall–Kier alpha value is -2.49. The summed E-state index contributed by atoms with van der Waals surface area (Å²) in [7, 11) is -4.25. The summed E-state index contributed by atoms with van der Waals surface area (Å²) in [4.78, 5) is 28.7. The normalized spacial score (nSPS) is 14.4. The molecule has 1 N–H and O–H groups in total. The van der Waals surface area contributed by atoms with Gasteiger partial charge in [-0.1, -0.05) is 83.0 Å². The number of benzene rings is 3. The zero-order valence-electron chi connectivity index (χ0n) is 23.1. The number of hydrogen-bond donors (Lipinski definition) is 1. The van der Waals surface area contributed by atoms with Crippen LogP contribution in [0, 0.1) is 6.92 Å². The minimum Gasteiger partial charge on any atom is -0.352 e. The van der Waals surface area contributed by atoms with E-state index < -0.39 is 28.5 Å². The van der Waals surface area contributed by atoms with Crippen molar-refractivity contribution in [3.63, 3.8) is 0 Å². The summed E-state index contributed by atoms with van der Waals surface area (Å²) in [6.07, 6.45) is 3.80. The average Bonchev–Trinajstić information content (AvgIpc) is 3.44. The maximum absolute atomic E-state index is 14.1. The molecule has 0 spiro atoms. The van der Waals surface area contributed by atoms with Gasteiger partial charge < -0.3 is 10.2 Å². The first-order valence-electron chi connectivity index (χ1n) is 13.4. The second-order valence-corrected chi connectivity index (χ2v) is 13.9. The van der Waals surface area contributed by atoms with Gasteiger partial charge in [-0.25, -0.2) is 8.42 Å². The predicted molar refractivity (Wildman–Crippen MR) is 169 cm³/mol. The number of anilines is 1. The van der Waals surface area contributed by atoms with Gasteiger partial charge in [-0.15, -0.1) is 0 Å². The van der Waals surface area contributed by atoms with Gasteiger partial charge in [0.15, 0.2) is 0 Å². The molecule has 2 amide bonds. The average molecular weight is 671 g/mol. The standard InChI is InChI=1S/C30H31Cl4N3O4S/c1-19-7-10-26(11-8-19)42(40,41)37(25-15-22(31)14-23(32)16-25)18-29(38)36(17-21-9-12-27(33)28(34)13-21)20(2)30(39)35-24-5-3-4-6-24/h7-16,20,24H,3-6,17-18H2,1-2H3,(H,35,39)/t20-/m0/s1. The third-order valence-electron chi connectivity index (χ3n) is 7.23. The van der Waals surface area contributed by atoms with E-state index in [4.69, 9.17) is 46.4 Å². The summed E-state index contributed by atoms with van der Waals surface area (Å²) >= 11 is 24.8. The lowest BCUT2D eigenvalue weighted by molar-refractivity contribution is -0.139. The number of aryl methyl sites for hydroxylation is 1. The van der Waals surface area contributed by atoms with E-state index in [1.54, 1.807) is 37.3 Å². The van der Waals surface area contributed by atoms with E-state index in [1.165, 1.54) is 35.2 Å². The van der Waals surface area contributed by atoms with Gasteiger partial charge in [-0.05, 0) is 74.7 Å². The molecule has 0 aliphatic heterocycles. The summed E-state index contributed by atoms with van der Waals surface area (Å²) in [6, 6.07) is 14.6. The van der Waals surface area contributed by atoms with Crippen LogP contribution in [0.5, 0.6) is 0 Å². The molecule has 1 aliphatic rings. The highest BCUT2D eigenvalue weighted by Crippen LogP contribution is 2.31. The van der Waals surface area contributed by atoms with Gasteiger partial charge in [0.25, 0.3) is 10.0 Å². The van der Waals surface area contributed by atoms with Crippen LogP contribution in [0.25, 0.3) is 0 Å². The molecule has 0 saturated heterocycles. The van der Waals surface area contributed by atoms with Crippen molar-refractivity contribution in [2.75, 3.05) is 10.8 Å². The van der Waals surface area contributed by atoms with Gasteiger partial charge in [0.2, 0.25) is 11.8 Å². The van der Waals surface area contributed by atoms with Crippen molar-refractivity contribution in [1.29, 1.82) is 0 Å². The van der Waals surface area contributed by atoms with E-state index in [-0.39, 0.29) is 39.1 Å². The zero-order chi connectivity index (χ0) is 30.6. The third kappa shape index (κ3) is 7.91. The maximum Gasteiger partial charge on any atom is 0.264 e.